The lowest BCUT2D eigenvalue weighted by Gasteiger charge is -2.11. The van der Waals surface area contributed by atoms with Crippen LogP contribution in [-0.2, 0) is 12.8 Å². The van der Waals surface area contributed by atoms with E-state index in [0.717, 1.165) is 24.9 Å². The molecule has 0 fully saturated rings. The highest BCUT2D eigenvalue weighted by molar-refractivity contribution is 6.34. The van der Waals surface area contributed by atoms with Gasteiger partial charge in [0.25, 0.3) is 0 Å². The van der Waals surface area contributed by atoms with Crippen LogP contribution in [0.1, 0.15) is 17.5 Å². The van der Waals surface area contributed by atoms with Gasteiger partial charge < -0.3 is 5.32 Å². The summed E-state index contributed by atoms with van der Waals surface area (Å²) in [6, 6.07) is 7.40. The molecule has 2 heterocycles. The lowest BCUT2D eigenvalue weighted by molar-refractivity contribution is 0.629. The highest BCUT2D eigenvalue weighted by atomic mass is 35.5. The second-order valence-electron chi connectivity index (χ2n) is 5.15. The fourth-order valence-electron chi connectivity index (χ4n) is 2.85. The number of aryl methyl sites for hydroxylation is 1. The fraction of sp³-hybridized carbons (Fsp3) is 0.200. The van der Waals surface area contributed by atoms with E-state index in [1.54, 1.807) is 0 Å². The van der Waals surface area contributed by atoms with Gasteiger partial charge in [-0.2, -0.15) is 5.10 Å². The summed E-state index contributed by atoms with van der Waals surface area (Å²) in [5.74, 6) is -0.260. The molecule has 1 aliphatic carbocycles. The summed E-state index contributed by atoms with van der Waals surface area (Å²) in [5.41, 5.74) is 3.96. The number of nitrogens with one attached hydrogen (secondary N) is 2. The number of aromatic amines is 1. The Kier molecular flexibility index (Phi) is 2.82. The maximum atomic E-state index is 14.2. The van der Waals surface area contributed by atoms with Crippen molar-refractivity contribution in [3.05, 3.63) is 46.4 Å². The van der Waals surface area contributed by atoms with Gasteiger partial charge in [-0.3, -0.25) is 5.10 Å². The highest BCUT2D eigenvalue weighted by Crippen LogP contribution is 2.32. The summed E-state index contributed by atoms with van der Waals surface area (Å²) in [6.45, 7) is 0. The Bertz CT molecular complexity index is 843. The minimum absolute atomic E-state index is 0.183. The summed E-state index contributed by atoms with van der Waals surface area (Å²) < 4.78 is 14.2. The van der Waals surface area contributed by atoms with Crippen molar-refractivity contribution in [3.8, 4) is 0 Å². The van der Waals surface area contributed by atoms with E-state index in [4.69, 9.17) is 11.6 Å². The molecule has 1 aromatic carbocycles. The SMILES string of the molecule is Fc1cc2c(Cl)n[nH]c2nc1Nc1cccc2c1CCC2. The van der Waals surface area contributed by atoms with Crippen LogP contribution in [0.3, 0.4) is 0 Å². The van der Waals surface area contributed by atoms with E-state index >= 15 is 0 Å². The van der Waals surface area contributed by atoms with Gasteiger partial charge in [-0.1, -0.05) is 23.7 Å². The summed E-state index contributed by atoms with van der Waals surface area (Å²) in [5, 5.41) is 10.3. The van der Waals surface area contributed by atoms with Crippen molar-refractivity contribution in [2.24, 2.45) is 0 Å². The Morgan fingerprint density at radius 1 is 1.29 bits per heavy atom. The predicted octanol–water partition coefficient (Wildman–Crippen LogP) is 3.98. The van der Waals surface area contributed by atoms with Crippen LogP contribution in [0.25, 0.3) is 11.0 Å². The molecule has 6 heteroatoms. The van der Waals surface area contributed by atoms with E-state index in [-0.39, 0.29) is 11.0 Å². The van der Waals surface area contributed by atoms with Crippen LogP contribution in [0.4, 0.5) is 15.9 Å². The molecule has 4 rings (SSSR count). The topological polar surface area (TPSA) is 53.6 Å². The van der Waals surface area contributed by atoms with Gasteiger partial charge in [0.2, 0.25) is 0 Å². The second kappa shape index (κ2) is 4.70. The third kappa shape index (κ3) is 2.05. The molecule has 0 amide bonds. The van der Waals surface area contributed by atoms with Gasteiger partial charge in [0.15, 0.2) is 22.4 Å². The molecule has 0 aliphatic heterocycles. The van der Waals surface area contributed by atoms with Gasteiger partial charge in [0.1, 0.15) is 0 Å². The molecule has 0 saturated heterocycles. The normalized spacial score (nSPS) is 13.6. The number of H-pyrrole nitrogens is 1. The van der Waals surface area contributed by atoms with Crippen molar-refractivity contribution in [1.82, 2.24) is 15.2 Å². The average molecular weight is 303 g/mol. The molecule has 0 spiro atoms. The molecule has 2 aromatic heterocycles. The smallest absolute Gasteiger partial charge is 0.169 e. The van der Waals surface area contributed by atoms with Crippen LogP contribution < -0.4 is 5.32 Å². The molecule has 0 saturated carbocycles. The van der Waals surface area contributed by atoms with Crippen molar-refractivity contribution < 1.29 is 4.39 Å². The number of hydrogen-bond acceptors (Lipinski definition) is 3. The molecule has 0 unspecified atom stereocenters. The number of aromatic nitrogens is 3. The van der Waals surface area contributed by atoms with Gasteiger partial charge in [-0.15, -0.1) is 0 Å². The van der Waals surface area contributed by atoms with Crippen molar-refractivity contribution in [2.75, 3.05) is 5.32 Å². The molecule has 106 valence electrons. The van der Waals surface area contributed by atoms with Crippen LogP contribution in [0.15, 0.2) is 24.3 Å². The first-order valence-electron chi connectivity index (χ1n) is 6.80. The molecule has 0 bridgehead atoms. The Balaban J connectivity index is 1.78. The zero-order valence-electron chi connectivity index (χ0n) is 11.1. The minimum atomic E-state index is -0.443. The predicted molar refractivity (Wildman–Crippen MR) is 80.6 cm³/mol. The van der Waals surface area contributed by atoms with E-state index in [1.807, 2.05) is 12.1 Å². The molecule has 0 atom stereocenters. The van der Waals surface area contributed by atoms with Crippen LogP contribution in [0.5, 0.6) is 0 Å². The van der Waals surface area contributed by atoms with Crippen LogP contribution in [0.2, 0.25) is 5.15 Å². The zero-order chi connectivity index (χ0) is 14.4. The van der Waals surface area contributed by atoms with E-state index in [1.165, 1.54) is 17.2 Å². The Labute approximate surface area is 125 Å². The van der Waals surface area contributed by atoms with Gasteiger partial charge in [0, 0.05) is 5.69 Å². The first-order chi connectivity index (χ1) is 10.2. The molecule has 1 aliphatic rings. The number of fused-ring (bicyclic) bond motifs is 2. The number of hydrogen-bond donors (Lipinski definition) is 2. The number of benzene rings is 1. The van der Waals surface area contributed by atoms with E-state index < -0.39 is 5.82 Å². The summed E-state index contributed by atoms with van der Waals surface area (Å²) in [6.07, 6.45) is 3.23. The maximum Gasteiger partial charge on any atom is 0.169 e. The highest BCUT2D eigenvalue weighted by Gasteiger charge is 2.17. The first kappa shape index (κ1) is 12.6. The summed E-state index contributed by atoms with van der Waals surface area (Å²) in [7, 11) is 0. The van der Waals surface area contributed by atoms with Crippen LogP contribution in [-0.4, -0.2) is 15.2 Å². The Morgan fingerprint density at radius 2 is 2.19 bits per heavy atom. The van der Waals surface area contributed by atoms with Gasteiger partial charge >= 0.3 is 0 Å². The second-order valence-corrected chi connectivity index (χ2v) is 5.51. The maximum absolute atomic E-state index is 14.2. The van der Waals surface area contributed by atoms with Crippen molar-refractivity contribution in [2.45, 2.75) is 19.3 Å². The molecule has 0 radical (unpaired) electrons. The minimum Gasteiger partial charge on any atom is -0.337 e. The zero-order valence-corrected chi connectivity index (χ0v) is 11.8. The van der Waals surface area contributed by atoms with Gasteiger partial charge in [0.05, 0.1) is 5.39 Å². The average Bonchev–Trinajstić information content (AvgIpc) is 3.08. The third-order valence-corrected chi connectivity index (χ3v) is 4.15. The number of nitrogens with zero attached hydrogens (tertiary/aromatic N) is 2. The quantitative estimate of drug-likeness (QED) is 0.753. The summed E-state index contributed by atoms with van der Waals surface area (Å²) >= 11 is 5.86. The van der Waals surface area contributed by atoms with Crippen molar-refractivity contribution in [1.29, 1.82) is 0 Å². The van der Waals surface area contributed by atoms with Gasteiger partial charge in [-0.05, 0) is 42.5 Å². The molecule has 21 heavy (non-hydrogen) atoms. The third-order valence-electron chi connectivity index (χ3n) is 3.86. The molecule has 4 nitrogen and oxygen atoms in total. The largest absolute Gasteiger partial charge is 0.337 e. The Morgan fingerprint density at radius 3 is 3.10 bits per heavy atom. The van der Waals surface area contributed by atoms with E-state index in [0.29, 0.717) is 11.0 Å². The van der Waals surface area contributed by atoms with Crippen molar-refractivity contribution in [3.63, 3.8) is 0 Å². The van der Waals surface area contributed by atoms with E-state index in [2.05, 4.69) is 26.6 Å². The fourth-order valence-corrected chi connectivity index (χ4v) is 3.03. The van der Waals surface area contributed by atoms with Crippen molar-refractivity contribution >= 4 is 34.1 Å². The number of rotatable bonds is 2. The molecular formula is C15H12ClFN4. The van der Waals surface area contributed by atoms with Crippen LogP contribution >= 0.6 is 11.6 Å². The molecule has 2 N–H and O–H groups in total. The van der Waals surface area contributed by atoms with Crippen LogP contribution in [0, 0.1) is 5.82 Å². The Hall–Kier alpha value is -2.14. The number of pyridine rings is 1. The monoisotopic (exact) mass is 302 g/mol. The summed E-state index contributed by atoms with van der Waals surface area (Å²) in [4.78, 5) is 4.23. The van der Waals surface area contributed by atoms with E-state index in [9.17, 15) is 4.39 Å². The lowest BCUT2D eigenvalue weighted by Crippen LogP contribution is -2.00. The number of anilines is 2. The molecular weight excluding hydrogens is 291 g/mol. The standard InChI is InChI=1S/C15H12ClFN4/c16-13-10-7-11(17)15(19-14(10)21-20-13)18-12-6-2-4-8-3-1-5-9(8)12/h2,4,6-7H,1,3,5H2,(H2,18,19,20,21). The first-order valence-corrected chi connectivity index (χ1v) is 7.18. The van der Waals surface area contributed by atoms with Gasteiger partial charge in [-0.25, -0.2) is 9.37 Å². The number of halogens is 2. The lowest BCUT2D eigenvalue weighted by atomic mass is 10.1. The molecule has 3 aromatic rings.